The number of halogens is 1. The van der Waals surface area contributed by atoms with Gasteiger partial charge in [0.2, 0.25) is 10.0 Å². The van der Waals surface area contributed by atoms with Crippen LogP contribution in [0.2, 0.25) is 0 Å². The van der Waals surface area contributed by atoms with Gasteiger partial charge in [0.05, 0.1) is 22.3 Å². The molecule has 3 aromatic rings. The second-order valence-corrected chi connectivity index (χ2v) is 8.51. The molecule has 1 amide bonds. The second-order valence-electron chi connectivity index (χ2n) is 6.74. The lowest BCUT2D eigenvalue weighted by Gasteiger charge is -2.10. The Labute approximate surface area is 175 Å². The van der Waals surface area contributed by atoms with Crippen LogP contribution in [0, 0.1) is 12.7 Å². The Kier molecular flexibility index (Phi) is 6.63. The standard InChI is InChI=1S/C21H23FN4O3S/c1-3-4-12-24-30(28,29)17-9-7-8-16(13-17)25-21(27)18-14-23-26(15(18)2)20-11-6-5-10-19(20)22/h5-11,13-14,24H,3-4,12H2,1-2H3,(H,25,27). The number of aromatic nitrogens is 2. The van der Waals surface area contributed by atoms with Gasteiger partial charge in [-0.2, -0.15) is 5.10 Å². The maximum absolute atomic E-state index is 14.1. The molecule has 0 radical (unpaired) electrons. The van der Waals surface area contributed by atoms with Gasteiger partial charge in [-0.1, -0.05) is 31.5 Å². The molecule has 2 aromatic carbocycles. The monoisotopic (exact) mass is 430 g/mol. The van der Waals surface area contributed by atoms with E-state index in [-0.39, 0.29) is 16.1 Å². The first-order chi connectivity index (χ1) is 14.3. The molecule has 1 aromatic heterocycles. The van der Waals surface area contributed by atoms with E-state index in [9.17, 15) is 17.6 Å². The number of nitrogens with one attached hydrogen (secondary N) is 2. The molecule has 0 spiro atoms. The fourth-order valence-corrected chi connectivity index (χ4v) is 4.02. The van der Waals surface area contributed by atoms with Crippen molar-refractivity contribution in [1.82, 2.24) is 14.5 Å². The summed E-state index contributed by atoms with van der Waals surface area (Å²) in [6, 6.07) is 12.1. The van der Waals surface area contributed by atoms with E-state index in [0.717, 1.165) is 12.8 Å². The van der Waals surface area contributed by atoms with Gasteiger partial charge in [0.25, 0.3) is 5.91 Å². The van der Waals surface area contributed by atoms with Crippen LogP contribution in [0.1, 0.15) is 35.8 Å². The van der Waals surface area contributed by atoms with Crippen LogP contribution in [0.5, 0.6) is 0 Å². The topological polar surface area (TPSA) is 93.1 Å². The summed E-state index contributed by atoms with van der Waals surface area (Å²) in [7, 11) is -3.66. The summed E-state index contributed by atoms with van der Waals surface area (Å²) in [5.74, 6) is -0.923. The molecule has 0 bridgehead atoms. The molecule has 0 fully saturated rings. The highest BCUT2D eigenvalue weighted by atomic mass is 32.2. The molecule has 1 heterocycles. The summed E-state index contributed by atoms with van der Waals surface area (Å²) < 4.78 is 42.7. The number of anilines is 1. The molecule has 2 N–H and O–H groups in total. The fraction of sp³-hybridized carbons (Fsp3) is 0.238. The molecule has 0 saturated carbocycles. The van der Waals surface area contributed by atoms with Crippen LogP contribution in [-0.2, 0) is 10.0 Å². The van der Waals surface area contributed by atoms with Crippen molar-refractivity contribution in [2.24, 2.45) is 0 Å². The molecular formula is C21H23FN4O3S. The van der Waals surface area contributed by atoms with E-state index >= 15 is 0 Å². The lowest BCUT2D eigenvalue weighted by Crippen LogP contribution is -2.24. The quantitative estimate of drug-likeness (QED) is 0.534. The molecule has 0 saturated heterocycles. The first-order valence-electron chi connectivity index (χ1n) is 9.54. The molecule has 3 rings (SSSR count). The number of rotatable bonds is 8. The van der Waals surface area contributed by atoms with Crippen molar-refractivity contribution in [2.75, 3.05) is 11.9 Å². The number of amides is 1. The number of carbonyl (C=O) groups excluding carboxylic acids is 1. The molecule has 0 aliphatic heterocycles. The average Bonchev–Trinajstić information content (AvgIpc) is 3.10. The van der Waals surface area contributed by atoms with E-state index in [1.54, 1.807) is 37.3 Å². The Morgan fingerprint density at radius 1 is 1.17 bits per heavy atom. The van der Waals surface area contributed by atoms with Gasteiger partial charge < -0.3 is 5.32 Å². The predicted octanol–water partition coefficient (Wildman–Crippen LogP) is 3.65. The summed E-state index contributed by atoms with van der Waals surface area (Å²) in [6.45, 7) is 3.98. The van der Waals surface area contributed by atoms with Gasteiger partial charge in [0.15, 0.2) is 0 Å². The van der Waals surface area contributed by atoms with Crippen LogP contribution in [-0.4, -0.2) is 30.7 Å². The SMILES string of the molecule is CCCCNS(=O)(=O)c1cccc(NC(=O)c2cnn(-c3ccccc3F)c2C)c1. The molecule has 0 atom stereocenters. The molecule has 0 aliphatic carbocycles. The minimum atomic E-state index is -3.66. The number of hydrogen-bond acceptors (Lipinski definition) is 4. The minimum absolute atomic E-state index is 0.0650. The highest BCUT2D eigenvalue weighted by Gasteiger charge is 2.18. The number of nitrogens with zero attached hydrogens (tertiary/aromatic N) is 2. The zero-order chi connectivity index (χ0) is 21.7. The van der Waals surface area contributed by atoms with E-state index < -0.39 is 21.7 Å². The first kappa shape index (κ1) is 21.7. The van der Waals surface area contributed by atoms with Gasteiger partial charge in [-0.3, -0.25) is 4.79 Å². The fourth-order valence-electron chi connectivity index (χ4n) is 2.90. The highest BCUT2D eigenvalue weighted by Crippen LogP contribution is 2.20. The second kappa shape index (κ2) is 9.19. The van der Waals surface area contributed by atoms with Gasteiger partial charge in [0.1, 0.15) is 11.5 Å². The van der Waals surface area contributed by atoms with Gasteiger partial charge in [-0.25, -0.2) is 22.2 Å². The summed E-state index contributed by atoms with van der Waals surface area (Å²) in [6.07, 6.45) is 2.96. The zero-order valence-corrected chi connectivity index (χ0v) is 17.5. The highest BCUT2D eigenvalue weighted by molar-refractivity contribution is 7.89. The van der Waals surface area contributed by atoms with Crippen molar-refractivity contribution in [2.45, 2.75) is 31.6 Å². The van der Waals surface area contributed by atoms with Crippen molar-refractivity contribution in [3.8, 4) is 5.69 Å². The van der Waals surface area contributed by atoms with Crippen LogP contribution in [0.3, 0.4) is 0 Å². The average molecular weight is 431 g/mol. The van der Waals surface area contributed by atoms with Crippen molar-refractivity contribution in [1.29, 1.82) is 0 Å². The number of benzene rings is 2. The van der Waals surface area contributed by atoms with Crippen molar-refractivity contribution < 1.29 is 17.6 Å². The van der Waals surface area contributed by atoms with E-state index in [1.807, 2.05) is 6.92 Å². The number of carbonyl (C=O) groups is 1. The first-order valence-corrected chi connectivity index (χ1v) is 11.0. The number of hydrogen-bond donors (Lipinski definition) is 2. The van der Waals surface area contributed by atoms with Crippen molar-refractivity contribution >= 4 is 21.6 Å². The van der Waals surface area contributed by atoms with Crippen LogP contribution in [0.25, 0.3) is 5.69 Å². The normalized spacial score (nSPS) is 11.4. The van der Waals surface area contributed by atoms with Crippen molar-refractivity contribution in [3.05, 3.63) is 71.8 Å². The summed E-state index contributed by atoms with van der Waals surface area (Å²) in [5, 5.41) is 6.80. The van der Waals surface area contributed by atoms with Gasteiger partial charge in [0, 0.05) is 12.2 Å². The largest absolute Gasteiger partial charge is 0.322 e. The lowest BCUT2D eigenvalue weighted by molar-refractivity contribution is 0.102. The van der Waals surface area contributed by atoms with Crippen LogP contribution in [0.15, 0.2) is 59.6 Å². The number of para-hydroxylation sites is 1. The van der Waals surface area contributed by atoms with Gasteiger partial charge >= 0.3 is 0 Å². The summed E-state index contributed by atoms with van der Waals surface area (Å²) in [4.78, 5) is 12.8. The van der Waals surface area contributed by atoms with Gasteiger partial charge in [-0.15, -0.1) is 0 Å². The third kappa shape index (κ3) is 4.74. The van der Waals surface area contributed by atoms with E-state index in [2.05, 4.69) is 15.1 Å². The minimum Gasteiger partial charge on any atom is -0.322 e. The predicted molar refractivity (Wildman–Crippen MR) is 113 cm³/mol. The van der Waals surface area contributed by atoms with E-state index in [0.29, 0.717) is 17.9 Å². The maximum atomic E-state index is 14.1. The zero-order valence-electron chi connectivity index (χ0n) is 16.7. The smallest absolute Gasteiger partial charge is 0.259 e. The Hall–Kier alpha value is -3.04. The number of unbranched alkanes of at least 4 members (excludes halogenated alkanes) is 1. The molecular weight excluding hydrogens is 407 g/mol. The Balaban J connectivity index is 1.80. The third-order valence-corrected chi connectivity index (χ3v) is 6.02. The molecule has 30 heavy (non-hydrogen) atoms. The van der Waals surface area contributed by atoms with Crippen LogP contribution < -0.4 is 10.0 Å². The summed E-state index contributed by atoms with van der Waals surface area (Å²) in [5.41, 5.74) is 1.28. The molecule has 9 heteroatoms. The summed E-state index contributed by atoms with van der Waals surface area (Å²) >= 11 is 0. The Bertz CT molecular complexity index is 1160. The Morgan fingerprint density at radius 2 is 1.93 bits per heavy atom. The Morgan fingerprint density at radius 3 is 2.67 bits per heavy atom. The molecule has 158 valence electrons. The maximum Gasteiger partial charge on any atom is 0.259 e. The van der Waals surface area contributed by atoms with E-state index in [4.69, 9.17) is 0 Å². The molecule has 0 unspecified atom stereocenters. The molecule has 7 nitrogen and oxygen atoms in total. The van der Waals surface area contributed by atoms with Crippen LogP contribution in [0.4, 0.5) is 10.1 Å². The number of sulfonamides is 1. The molecule has 0 aliphatic rings. The van der Waals surface area contributed by atoms with Gasteiger partial charge in [-0.05, 0) is 43.7 Å². The third-order valence-electron chi connectivity index (χ3n) is 4.56. The lowest BCUT2D eigenvalue weighted by atomic mass is 10.2. The van der Waals surface area contributed by atoms with Crippen LogP contribution >= 0.6 is 0 Å². The van der Waals surface area contributed by atoms with E-state index in [1.165, 1.54) is 29.1 Å². The van der Waals surface area contributed by atoms with Crippen molar-refractivity contribution in [3.63, 3.8) is 0 Å².